The largest absolute Gasteiger partial charge is 0.492 e. The van der Waals surface area contributed by atoms with Crippen LogP contribution in [0, 0.1) is 0 Å². The monoisotopic (exact) mass is 227 g/mol. The first kappa shape index (κ1) is 12.3. The maximum absolute atomic E-state index is 6.07. The van der Waals surface area contributed by atoms with Gasteiger partial charge in [-0.3, -0.25) is 0 Å². The van der Waals surface area contributed by atoms with E-state index in [0.717, 1.165) is 31.6 Å². The Kier molecular flexibility index (Phi) is 5.51. The molecule has 0 aliphatic heterocycles. The van der Waals surface area contributed by atoms with Crippen molar-refractivity contribution in [2.45, 2.75) is 26.2 Å². The Bertz CT molecular complexity index is 302. The molecule has 0 aliphatic carbocycles. The molecule has 2 nitrogen and oxygen atoms in total. The second kappa shape index (κ2) is 6.70. The summed E-state index contributed by atoms with van der Waals surface area (Å²) in [6.07, 6.45) is 3.20. The molecule has 0 amide bonds. The first-order valence-electron chi connectivity index (χ1n) is 5.39. The first-order chi connectivity index (χ1) is 7.27. The second-order valence-corrected chi connectivity index (χ2v) is 3.85. The average molecular weight is 228 g/mol. The lowest BCUT2D eigenvalue weighted by Gasteiger charge is -2.07. The Labute approximate surface area is 96.4 Å². The summed E-state index contributed by atoms with van der Waals surface area (Å²) in [6, 6.07) is 5.97. The van der Waals surface area contributed by atoms with Crippen LogP contribution in [-0.2, 0) is 6.42 Å². The predicted molar refractivity (Wildman–Crippen MR) is 64.6 cm³/mol. The van der Waals surface area contributed by atoms with Crippen molar-refractivity contribution in [1.82, 2.24) is 0 Å². The summed E-state index contributed by atoms with van der Waals surface area (Å²) in [4.78, 5) is 0. The highest BCUT2D eigenvalue weighted by Crippen LogP contribution is 2.25. The van der Waals surface area contributed by atoms with Crippen molar-refractivity contribution in [3.63, 3.8) is 0 Å². The summed E-state index contributed by atoms with van der Waals surface area (Å²) in [5.41, 5.74) is 6.69. The van der Waals surface area contributed by atoms with Crippen molar-refractivity contribution < 1.29 is 4.74 Å². The Morgan fingerprint density at radius 2 is 2.13 bits per heavy atom. The van der Waals surface area contributed by atoms with Crippen LogP contribution in [0.15, 0.2) is 18.2 Å². The molecule has 0 radical (unpaired) electrons. The SMILES string of the molecule is CCOc1ccc(CCCCN)cc1Cl. The summed E-state index contributed by atoms with van der Waals surface area (Å²) >= 11 is 6.07. The van der Waals surface area contributed by atoms with Crippen LogP contribution in [0.5, 0.6) is 5.75 Å². The van der Waals surface area contributed by atoms with Gasteiger partial charge in [0.15, 0.2) is 0 Å². The Morgan fingerprint density at radius 1 is 1.33 bits per heavy atom. The number of hydrogen-bond acceptors (Lipinski definition) is 2. The standard InChI is InChI=1S/C12H18ClNO/c1-2-15-12-7-6-10(9-11(12)13)5-3-4-8-14/h6-7,9H,2-5,8,14H2,1H3. The molecule has 0 bridgehead atoms. The van der Waals surface area contributed by atoms with E-state index in [1.807, 2.05) is 19.1 Å². The summed E-state index contributed by atoms with van der Waals surface area (Å²) in [5, 5.41) is 0.696. The van der Waals surface area contributed by atoms with Gasteiger partial charge in [-0.15, -0.1) is 0 Å². The summed E-state index contributed by atoms with van der Waals surface area (Å²) in [5.74, 6) is 0.766. The van der Waals surface area contributed by atoms with Gasteiger partial charge in [0.2, 0.25) is 0 Å². The van der Waals surface area contributed by atoms with Gasteiger partial charge in [0.05, 0.1) is 11.6 Å². The third-order valence-electron chi connectivity index (χ3n) is 2.22. The minimum absolute atomic E-state index is 0.645. The van der Waals surface area contributed by atoms with E-state index in [9.17, 15) is 0 Å². The Hall–Kier alpha value is -0.730. The second-order valence-electron chi connectivity index (χ2n) is 3.44. The van der Waals surface area contributed by atoms with Crippen molar-refractivity contribution in [2.24, 2.45) is 5.73 Å². The third-order valence-corrected chi connectivity index (χ3v) is 2.51. The lowest BCUT2D eigenvalue weighted by atomic mass is 10.1. The van der Waals surface area contributed by atoms with Gasteiger partial charge >= 0.3 is 0 Å². The van der Waals surface area contributed by atoms with E-state index >= 15 is 0 Å². The quantitative estimate of drug-likeness (QED) is 0.759. The zero-order chi connectivity index (χ0) is 11.1. The van der Waals surface area contributed by atoms with E-state index in [4.69, 9.17) is 22.1 Å². The third kappa shape index (κ3) is 4.10. The zero-order valence-electron chi connectivity index (χ0n) is 9.13. The van der Waals surface area contributed by atoms with E-state index in [1.54, 1.807) is 0 Å². The number of ether oxygens (including phenoxy) is 1. The number of aryl methyl sites for hydroxylation is 1. The number of hydrogen-bond donors (Lipinski definition) is 1. The van der Waals surface area contributed by atoms with Crippen LogP contribution < -0.4 is 10.5 Å². The molecule has 84 valence electrons. The topological polar surface area (TPSA) is 35.2 Å². The van der Waals surface area contributed by atoms with Gasteiger partial charge in [-0.2, -0.15) is 0 Å². The lowest BCUT2D eigenvalue weighted by Crippen LogP contribution is -1.99. The molecule has 0 spiro atoms. The molecule has 2 N–H and O–H groups in total. The molecule has 1 rings (SSSR count). The number of halogens is 1. The molecule has 3 heteroatoms. The van der Waals surface area contributed by atoms with Gasteiger partial charge in [-0.05, 0) is 50.4 Å². The fourth-order valence-electron chi connectivity index (χ4n) is 1.45. The highest BCUT2D eigenvalue weighted by atomic mass is 35.5. The van der Waals surface area contributed by atoms with Crippen molar-refractivity contribution in [3.8, 4) is 5.75 Å². The molecule has 0 fully saturated rings. The van der Waals surface area contributed by atoms with E-state index in [-0.39, 0.29) is 0 Å². The number of benzene rings is 1. The summed E-state index contributed by atoms with van der Waals surface area (Å²) < 4.78 is 5.37. The molecule has 15 heavy (non-hydrogen) atoms. The predicted octanol–water partition coefficient (Wildman–Crippen LogP) is 3.02. The Morgan fingerprint density at radius 3 is 2.73 bits per heavy atom. The summed E-state index contributed by atoms with van der Waals surface area (Å²) in [7, 11) is 0. The van der Waals surface area contributed by atoms with Crippen LogP contribution in [0.2, 0.25) is 5.02 Å². The highest BCUT2D eigenvalue weighted by molar-refractivity contribution is 6.32. The smallest absolute Gasteiger partial charge is 0.137 e. The van der Waals surface area contributed by atoms with Crippen molar-refractivity contribution >= 4 is 11.6 Å². The molecule has 0 unspecified atom stereocenters. The summed E-state index contributed by atoms with van der Waals surface area (Å²) in [6.45, 7) is 3.35. The minimum Gasteiger partial charge on any atom is -0.492 e. The van der Waals surface area contributed by atoms with Gasteiger partial charge in [0.1, 0.15) is 5.75 Å². The van der Waals surface area contributed by atoms with Crippen LogP contribution in [0.1, 0.15) is 25.3 Å². The van der Waals surface area contributed by atoms with Gasteiger partial charge in [-0.25, -0.2) is 0 Å². The number of nitrogens with two attached hydrogens (primary N) is 1. The molecule has 0 saturated carbocycles. The van der Waals surface area contributed by atoms with Crippen LogP contribution in [0.25, 0.3) is 0 Å². The fraction of sp³-hybridized carbons (Fsp3) is 0.500. The van der Waals surface area contributed by atoms with Gasteiger partial charge in [-0.1, -0.05) is 17.7 Å². The van der Waals surface area contributed by atoms with Gasteiger partial charge in [0.25, 0.3) is 0 Å². The minimum atomic E-state index is 0.645. The highest BCUT2D eigenvalue weighted by Gasteiger charge is 2.02. The molecule has 0 saturated heterocycles. The van der Waals surface area contributed by atoms with Crippen molar-refractivity contribution in [3.05, 3.63) is 28.8 Å². The molecule has 1 aromatic carbocycles. The molecular formula is C12H18ClNO. The molecule has 0 heterocycles. The van der Waals surface area contributed by atoms with Crippen LogP contribution in [-0.4, -0.2) is 13.2 Å². The molecule has 0 aromatic heterocycles. The molecule has 0 aliphatic rings. The first-order valence-corrected chi connectivity index (χ1v) is 5.77. The van der Waals surface area contributed by atoms with Gasteiger partial charge < -0.3 is 10.5 Å². The van der Waals surface area contributed by atoms with Crippen LogP contribution in [0.4, 0.5) is 0 Å². The van der Waals surface area contributed by atoms with Crippen LogP contribution >= 0.6 is 11.6 Å². The normalized spacial score (nSPS) is 10.3. The molecule has 0 atom stereocenters. The van der Waals surface area contributed by atoms with E-state index in [0.29, 0.717) is 11.6 Å². The van der Waals surface area contributed by atoms with Gasteiger partial charge in [0, 0.05) is 0 Å². The number of unbranched alkanes of at least 4 members (excludes halogenated alkanes) is 1. The maximum Gasteiger partial charge on any atom is 0.137 e. The zero-order valence-corrected chi connectivity index (χ0v) is 9.89. The maximum atomic E-state index is 6.07. The van der Waals surface area contributed by atoms with E-state index in [1.165, 1.54) is 5.56 Å². The van der Waals surface area contributed by atoms with E-state index in [2.05, 4.69) is 6.07 Å². The Balaban J connectivity index is 2.56. The fourth-order valence-corrected chi connectivity index (χ4v) is 1.70. The average Bonchev–Trinajstić information content (AvgIpc) is 2.23. The van der Waals surface area contributed by atoms with Crippen molar-refractivity contribution in [1.29, 1.82) is 0 Å². The van der Waals surface area contributed by atoms with Crippen molar-refractivity contribution in [2.75, 3.05) is 13.2 Å². The van der Waals surface area contributed by atoms with E-state index < -0.39 is 0 Å². The number of rotatable bonds is 6. The molecular weight excluding hydrogens is 210 g/mol. The lowest BCUT2D eigenvalue weighted by molar-refractivity contribution is 0.340. The molecule has 1 aromatic rings. The van der Waals surface area contributed by atoms with Crippen LogP contribution in [0.3, 0.4) is 0 Å².